The third kappa shape index (κ3) is 4.20. The van der Waals surface area contributed by atoms with Gasteiger partial charge < -0.3 is 25.8 Å². The number of likely N-dealkylation sites (N-methyl/N-ethyl adjacent to an activating group) is 1. The van der Waals surface area contributed by atoms with E-state index in [1.807, 2.05) is 54.3 Å². The number of hydrogen-bond acceptors (Lipinski definition) is 4. The molecule has 1 aliphatic carbocycles. The first-order chi connectivity index (χ1) is 18.3. The molecule has 8 heteroatoms. The van der Waals surface area contributed by atoms with Gasteiger partial charge in [-0.3, -0.25) is 14.4 Å². The fourth-order valence-corrected chi connectivity index (χ4v) is 5.41. The Morgan fingerprint density at radius 3 is 2.45 bits per heavy atom. The molecular formula is C30H31N5O3. The number of aromatic amines is 1. The predicted molar refractivity (Wildman–Crippen MR) is 149 cm³/mol. The van der Waals surface area contributed by atoms with Gasteiger partial charge in [-0.15, -0.1) is 0 Å². The summed E-state index contributed by atoms with van der Waals surface area (Å²) in [6.07, 6.45) is 1.88. The number of hydrogen-bond donors (Lipinski definition) is 3. The summed E-state index contributed by atoms with van der Waals surface area (Å²) in [5, 5.41) is 4.85. The zero-order valence-electron chi connectivity index (χ0n) is 21.6. The van der Waals surface area contributed by atoms with Gasteiger partial charge in [0.15, 0.2) is 0 Å². The minimum Gasteiger partial charge on any atom is -0.366 e. The van der Waals surface area contributed by atoms with Gasteiger partial charge >= 0.3 is 0 Å². The van der Waals surface area contributed by atoms with Crippen LogP contribution in [0.5, 0.6) is 0 Å². The van der Waals surface area contributed by atoms with Crippen LogP contribution in [0.15, 0.2) is 48.5 Å². The zero-order chi connectivity index (χ0) is 26.6. The summed E-state index contributed by atoms with van der Waals surface area (Å²) in [6, 6.07) is 15.2. The number of anilines is 1. The Kier molecular flexibility index (Phi) is 5.91. The molecule has 0 unspecified atom stereocenters. The highest BCUT2D eigenvalue weighted by Gasteiger charge is 2.30. The number of aromatic nitrogens is 1. The van der Waals surface area contributed by atoms with Crippen molar-refractivity contribution in [1.29, 1.82) is 0 Å². The molecule has 0 spiro atoms. The van der Waals surface area contributed by atoms with Crippen molar-refractivity contribution >= 4 is 45.2 Å². The average Bonchev–Trinajstić information content (AvgIpc) is 3.69. The number of rotatable bonds is 5. The van der Waals surface area contributed by atoms with Gasteiger partial charge in [-0.25, -0.2) is 0 Å². The van der Waals surface area contributed by atoms with E-state index in [2.05, 4.69) is 22.2 Å². The lowest BCUT2D eigenvalue weighted by Gasteiger charge is -2.32. The maximum atomic E-state index is 13.2. The molecule has 0 atom stereocenters. The number of benzene rings is 3. The van der Waals surface area contributed by atoms with Crippen molar-refractivity contribution in [3.05, 3.63) is 65.2 Å². The van der Waals surface area contributed by atoms with E-state index in [0.717, 1.165) is 64.6 Å². The molecule has 3 amide bonds. The van der Waals surface area contributed by atoms with E-state index in [1.165, 1.54) is 0 Å². The van der Waals surface area contributed by atoms with Crippen molar-refractivity contribution in [2.24, 2.45) is 11.7 Å². The SMILES string of the molecule is Cc1c(NC(=O)C2CC2)cccc1-c1ccc(C(N)=O)c2[nH]c3cc(C(=O)N4CCN(C)CC4)ccc3c12. The van der Waals surface area contributed by atoms with Crippen LogP contribution in [0.2, 0.25) is 0 Å². The van der Waals surface area contributed by atoms with E-state index in [4.69, 9.17) is 5.73 Å². The number of nitrogens with zero attached hydrogens (tertiary/aromatic N) is 2. The van der Waals surface area contributed by atoms with E-state index < -0.39 is 5.91 Å². The van der Waals surface area contributed by atoms with Crippen molar-refractivity contribution < 1.29 is 14.4 Å². The number of nitrogens with two attached hydrogens (primary N) is 1. The fraction of sp³-hybridized carbons (Fsp3) is 0.300. The molecule has 1 aromatic heterocycles. The molecule has 38 heavy (non-hydrogen) atoms. The number of carbonyl (C=O) groups is 3. The highest BCUT2D eigenvalue weighted by atomic mass is 16.2. The van der Waals surface area contributed by atoms with E-state index in [0.29, 0.717) is 29.7 Å². The van der Waals surface area contributed by atoms with Crippen LogP contribution < -0.4 is 11.1 Å². The third-order valence-corrected chi connectivity index (χ3v) is 7.89. The van der Waals surface area contributed by atoms with Crippen molar-refractivity contribution in [2.75, 3.05) is 38.5 Å². The number of piperazine rings is 1. The first-order valence-electron chi connectivity index (χ1n) is 13.1. The van der Waals surface area contributed by atoms with Gasteiger partial charge in [0.05, 0.1) is 11.1 Å². The van der Waals surface area contributed by atoms with E-state index >= 15 is 0 Å². The van der Waals surface area contributed by atoms with Gasteiger partial charge in [0, 0.05) is 59.6 Å². The third-order valence-electron chi connectivity index (χ3n) is 7.89. The summed E-state index contributed by atoms with van der Waals surface area (Å²) in [5.41, 5.74) is 11.8. The Hall–Kier alpha value is -4.17. The van der Waals surface area contributed by atoms with Gasteiger partial charge in [-0.2, -0.15) is 0 Å². The minimum absolute atomic E-state index is 0.00366. The maximum Gasteiger partial charge on any atom is 0.254 e. The van der Waals surface area contributed by atoms with Crippen molar-refractivity contribution in [1.82, 2.24) is 14.8 Å². The summed E-state index contributed by atoms with van der Waals surface area (Å²) >= 11 is 0. The zero-order valence-corrected chi connectivity index (χ0v) is 21.6. The smallest absolute Gasteiger partial charge is 0.254 e. The highest BCUT2D eigenvalue weighted by Crippen LogP contribution is 2.40. The molecule has 4 N–H and O–H groups in total. The first kappa shape index (κ1) is 24.2. The van der Waals surface area contributed by atoms with Crippen molar-refractivity contribution in [2.45, 2.75) is 19.8 Å². The molecule has 2 aliphatic rings. The maximum absolute atomic E-state index is 13.2. The van der Waals surface area contributed by atoms with E-state index in [-0.39, 0.29) is 17.7 Å². The summed E-state index contributed by atoms with van der Waals surface area (Å²) in [5.74, 6) is -0.354. The van der Waals surface area contributed by atoms with Crippen molar-refractivity contribution in [3.63, 3.8) is 0 Å². The first-order valence-corrected chi connectivity index (χ1v) is 13.1. The van der Waals surface area contributed by atoms with Gasteiger partial charge in [0.2, 0.25) is 5.91 Å². The molecule has 4 aromatic rings. The molecule has 1 aliphatic heterocycles. The number of carbonyl (C=O) groups excluding carboxylic acids is 3. The normalized spacial score (nSPS) is 16.2. The van der Waals surface area contributed by atoms with Gasteiger partial charge in [-0.05, 0) is 67.8 Å². The van der Waals surface area contributed by atoms with Crippen LogP contribution in [-0.2, 0) is 4.79 Å². The molecule has 194 valence electrons. The topological polar surface area (TPSA) is 112 Å². The largest absolute Gasteiger partial charge is 0.366 e. The molecule has 0 radical (unpaired) electrons. The number of primary amides is 1. The van der Waals surface area contributed by atoms with Gasteiger partial charge in [-0.1, -0.05) is 24.3 Å². The molecule has 0 bridgehead atoms. The van der Waals surface area contributed by atoms with Crippen LogP contribution in [0.4, 0.5) is 5.69 Å². The van der Waals surface area contributed by atoms with Crippen LogP contribution in [0.3, 0.4) is 0 Å². The molecule has 6 rings (SSSR count). The monoisotopic (exact) mass is 509 g/mol. The number of fused-ring (bicyclic) bond motifs is 3. The van der Waals surface area contributed by atoms with Crippen LogP contribution >= 0.6 is 0 Å². The second-order valence-corrected chi connectivity index (χ2v) is 10.5. The lowest BCUT2D eigenvalue weighted by molar-refractivity contribution is -0.117. The quantitative estimate of drug-likeness (QED) is 0.376. The fourth-order valence-electron chi connectivity index (χ4n) is 5.41. The van der Waals surface area contributed by atoms with Crippen LogP contribution in [0, 0.1) is 12.8 Å². The van der Waals surface area contributed by atoms with Gasteiger partial charge in [0.25, 0.3) is 11.8 Å². The molecular weight excluding hydrogens is 478 g/mol. The van der Waals surface area contributed by atoms with Crippen molar-refractivity contribution in [3.8, 4) is 11.1 Å². The number of nitrogens with one attached hydrogen (secondary N) is 2. The summed E-state index contributed by atoms with van der Waals surface area (Å²) < 4.78 is 0. The predicted octanol–water partition coefficient (Wildman–Crippen LogP) is 4.13. The highest BCUT2D eigenvalue weighted by molar-refractivity contribution is 6.20. The Bertz CT molecular complexity index is 1610. The Morgan fingerprint density at radius 2 is 1.74 bits per heavy atom. The lowest BCUT2D eigenvalue weighted by Crippen LogP contribution is -2.47. The van der Waals surface area contributed by atoms with Crippen LogP contribution in [-0.4, -0.2) is 65.7 Å². The van der Waals surface area contributed by atoms with E-state index in [1.54, 1.807) is 6.07 Å². The molecule has 1 saturated heterocycles. The Balaban J connectivity index is 1.46. The molecule has 1 saturated carbocycles. The van der Waals surface area contributed by atoms with E-state index in [9.17, 15) is 14.4 Å². The summed E-state index contributed by atoms with van der Waals surface area (Å²) in [6.45, 7) is 5.09. The Labute approximate surface area is 220 Å². The number of amides is 3. The standard InChI is InChI=1S/C30H31N5O3/c1-17-20(4-3-5-24(17)33-29(37)18-6-7-18)21-10-11-23(28(31)36)27-26(21)22-9-8-19(16-25(22)32-27)30(38)35-14-12-34(2)13-15-35/h3-5,8-11,16,18,32H,6-7,12-15H2,1-2H3,(H2,31,36)(H,33,37). The van der Waals surface area contributed by atoms with Gasteiger partial charge in [0.1, 0.15) is 0 Å². The minimum atomic E-state index is -0.524. The second kappa shape index (κ2) is 9.29. The lowest BCUT2D eigenvalue weighted by atomic mass is 9.93. The van der Waals surface area contributed by atoms with Crippen LogP contribution in [0.1, 0.15) is 39.1 Å². The molecule has 2 fully saturated rings. The molecule has 8 nitrogen and oxygen atoms in total. The second-order valence-electron chi connectivity index (χ2n) is 10.5. The summed E-state index contributed by atoms with van der Waals surface area (Å²) in [7, 11) is 2.06. The van der Waals surface area contributed by atoms with Crippen LogP contribution in [0.25, 0.3) is 32.9 Å². The summed E-state index contributed by atoms with van der Waals surface area (Å²) in [4.78, 5) is 45.5. The molecule has 2 heterocycles. The number of H-pyrrole nitrogens is 1. The molecule has 3 aromatic carbocycles. The average molecular weight is 510 g/mol. The Morgan fingerprint density at radius 1 is 0.974 bits per heavy atom.